The fourth-order valence-electron chi connectivity index (χ4n) is 5.69. The maximum Gasteiger partial charge on any atom is 0.0419 e. The highest BCUT2D eigenvalue weighted by Crippen LogP contribution is 2.41. The Morgan fingerprint density at radius 2 is 1.42 bits per heavy atom. The first-order chi connectivity index (χ1) is 17.6. The maximum absolute atomic E-state index is 3.56. The van der Waals surface area contributed by atoms with Crippen molar-refractivity contribution in [2.45, 2.75) is 53.4 Å². The van der Waals surface area contributed by atoms with E-state index in [2.05, 4.69) is 130 Å². The number of hydrogen-bond donors (Lipinski definition) is 1. The number of fused-ring (bicyclic) bond motifs is 1. The summed E-state index contributed by atoms with van der Waals surface area (Å²) < 4.78 is 0. The molecule has 1 atom stereocenters. The molecule has 3 aromatic rings. The molecule has 0 saturated heterocycles. The SMILES string of the molecule is CCNc1ccc(C(c2ccc(N(CC)CC)cc2)C2C=CC(=C(CC)CC)C=C2)c2ccccc12. The van der Waals surface area contributed by atoms with Crippen molar-refractivity contribution >= 4 is 22.1 Å². The van der Waals surface area contributed by atoms with E-state index >= 15 is 0 Å². The molecular weight excluding hydrogens is 436 g/mol. The van der Waals surface area contributed by atoms with Crippen LogP contribution in [0, 0.1) is 5.92 Å². The number of hydrogen-bond acceptors (Lipinski definition) is 2. The van der Waals surface area contributed by atoms with Gasteiger partial charge in [0.25, 0.3) is 0 Å². The first-order valence-corrected chi connectivity index (χ1v) is 13.8. The maximum atomic E-state index is 3.56. The van der Waals surface area contributed by atoms with Gasteiger partial charge in [-0.25, -0.2) is 0 Å². The van der Waals surface area contributed by atoms with Gasteiger partial charge in [-0.2, -0.15) is 0 Å². The van der Waals surface area contributed by atoms with E-state index < -0.39 is 0 Å². The fraction of sp³-hybridized carbons (Fsp3) is 0.353. The molecule has 1 aliphatic rings. The van der Waals surface area contributed by atoms with Gasteiger partial charge in [0, 0.05) is 48.2 Å². The summed E-state index contributed by atoms with van der Waals surface area (Å²) >= 11 is 0. The highest BCUT2D eigenvalue weighted by atomic mass is 15.1. The van der Waals surface area contributed by atoms with Gasteiger partial charge in [0.05, 0.1) is 0 Å². The summed E-state index contributed by atoms with van der Waals surface area (Å²) in [4.78, 5) is 2.41. The highest BCUT2D eigenvalue weighted by molar-refractivity contribution is 5.96. The number of anilines is 2. The molecule has 2 heteroatoms. The van der Waals surface area contributed by atoms with Crippen molar-refractivity contribution in [1.82, 2.24) is 0 Å². The van der Waals surface area contributed by atoms with Crippen LogP contribution < -0.4 is 10.2 Å². The lowest BCUT2D eigenvalue weighted by Crippen LogP contribution is -2.21. The summed E-state index contributed by atoms with van der Waals surface area (Å²) in [6.45, 7) is 14.1. The zero-order valence-electron chi connectivity index (χ0n) is 22.7. The van der Waals surface area contributed by atoms with Crippen LogP contribution >= 0.6 is 0 Å². The van der Waals surface area contributed by atoms with E-state index in [1.54, 1.807) is 0 Å². The van der Waals surface area contributed by atoms with Crippen LogP contribution in [0.4, 0.5) is 11.4 Å². The third kappa shape index (κ3) is 5.28. The molecule has 1 N–H and O–H groups in total. The van der Waals surface area contributed by atoms with Gasteiger partial charge in [0.15, 0.2) is 0 Å². The van der Waals surface area contributed by atoms with E-state index in [0.717, 1.165) is 32.5 Å². The summed E-state index contributed by atoms with van der Waals surface area (Å²) in [5, 5.41) is 6.19. The van der Waals surface area contributed by atoms with Crippen molar-refractivity contribution in [3.8, 4) is 0 Å². The minimum Gasteiger partial charge on any atom is -0.385 e. The molecule has 0 radical (unpaired) electrons. The lowest BCUT2D eigenvalue weighted by Gasteiger charge is -2.28. The largest absolute Gasteiger partial charge is 0.385 e. The second kappa shape index (κ2) is 12.1. The van der Waals surface area contributed by atoms with Crippen LogP contribution in [0.5, 0.6) is 0 Å². The van der Waals surface area contributed by atoms with Gasteiger partial charge in [0.2, 0.25) is 0 Å². The van der Waals surface area contributed by atoms with E-state index in [-0.39, 0.29) is 5.92 Å². The van der Waals surface area contributed by atoms with Crippen LogP contribution in [-0.4, -0.2) is 19.6 Å². The Balaban J connectivity index is 1.84. The molecule has 1 aliphatic carbocycles. The van der Waals surface area contributed by atoms with Crippen LogP contribution in [0.3, 0.4) is 0 Å². The molecule has 1 unspecified atom stereocenters. The standard InChI is InChI=1S/C34H42N2/c1-6-25(7-2)26-15-17-27(18-16-26)34(28-19-21-29(22-20-28)36(9-4)10-5)32-23-24-33(35-8-3)31-14-12-11-13-30(31)32/h11-24,27,34-35H,6-10H2,1-5H3. The van der Waals surface area contributed by atoms with Crippen molar-refractivity contribution in [2.75, 3.05) is 29.9 Å². The van der Waals surface area contributed by atoms with Crippen LogP contribution in [0.2, 0.25) is 0 Å². The second-order valence-corrected chi connectivity index (χ2v) is 9.58. The minimum atomic E-state index is 0.247. The summed E-state index contributed by atoms with van der Waals surface area (Å²) in [5.74, 6) is 0.550. The number of benzene rings is 3. The monoisotopic (exact) mass is 478 g/mol. The van der Waals surface area contributed by atoms with E-state index in [4.69, 9.17) is 0 Å². The number of allylic oxidation sites excluding steroid dienone is 6. The molecule has 4 rings (SSSR count). The summed E-state index contributed by atoms with van der Waals surface area (Å²) in [5.41, 5.74) is 8.18. The van der Waals surface area contributed by atoms with Crippen LogP contribution in [0.25, 0.3) is 10.8 Å². The van der Waals surface area contributed by atoms with E-state index in [1.807, 2.05) is 0 Å². The summed E-state index contributed by atoms with van der Waals surface area (Å²) in [7, 11) is 0. The van der Waals surface area contributed by atoms with Crippen molar-refractivity contribution in [3.05, 3.63) is 107 Å². The average Bonchev–Trinajstić information content (AvgIpc) is 2.93. The molecule has 0 spiro atoms. The first kappa shape index (κ1) is 25.8. The Labute approximate surface area is 218 Å². The molecule has 188 valence electrons. The predicted octanol–water partition coefficient (Wildman–Crippen LogP) is 9.11. The zero-order valence-corrected chi connectivity index (χ0v) is 22.7. The van der Waals surface area contributed by atoms with E-state index in [0.29, 0.717) is 5.92 Å². The van der Waals surface area contributed by atoms with Gasteiger partial charge in [-0.3, -0.25) is 0 Å². The topological polar surface area (TPSA) is 15.3 Å². The van der Waals surface area contributed by atoms with Gasteiger partial charge in [0.1, 0.15) is 0 Å². The quantitative estimate of drug-likeness (QED) is 0.312. The smallest absolute Gasteiger partial charge is 0.0419 e. The number of nitrogens with zero attached hydrogens (tertiary/aromatic N) is 1. The minimum absolute atomic E-state index is 0.247. The lowest BCUT2D eigenvalue weighted by atomic mass is 9.76. The molecule has 36 heavy (non-hydrogen) atoms. The molecule has 0 heterocycles. The first-order valence-electron chi connectivity index (χ1n) is 13.8. The van der Waals surface area contributed by atoms with Gasteiger partial charge in [-0.05, 0) is 73.9 Å². The third-order valence-electron chi connectivity index (χ3n) is 7.68. The second-order valence-electron chi connectivity index (χ2n) is 9.58. The van der Waals surface area contributed by atoms with Crippen molar-refractivity contribution in [2.24, 2.45) is 5.92 Å². The van der Waals surface area contributed by atoms with Gasteiger partial charge in [-0.15, -0.1) is 0 Å². The van der Waals surface area contributed by atoms with Crippen LogP contribution in [0.1, 0.15) is 64.5 Å². The normalized spacial score (nSPS) is 15.8. The van der Waals surface area contributed by atoms with Crippen molar-refractivity contribution < 1.29 is 0 Å². The molecule has 2 nitrogen and oxygen atoms in total. The Hall–Kier alpha value is -3.26. The molecule has 3 aromatic carbocycles. The molecule has 0 aliphatic heterocycles. The Morgan fingerprint density at radius 3 is 2.00 bits per heavy atom. The molecule has 0 saturated carbocycles. The van der Waals surface area contributed by atoms with E-state index in [1.165, 1.54) is 44.4 Å². The zero-order chi connectivity index (χ0) is 25.5. The van der Waals surface area contributed by atoms with Crippen molar-refractivity contribution in [1.29, 1.82) is 0 Å². The Bertz CT molecular complexity index is 1220. The van der Waals surface area contributed by atoms with Crippen molar-refractivity contribution in [3.63, 3.8) is 0 Å². The Kier molecular flexibility index (Phi) is 8.70. The van der Waals surface area contributed by atoms with Gasteiger partial charge >= 0.3 is 0 Å². The lowest BCUT2D eigenvalue weighted by molar-refractivity contribution is 0.685. The number of nitrogens with one attached hydrogen (secondary N) is 1. The third-order valence-corrected chi connectivity index (χ3v) is 7.68. The predicted molar refractivity (Wildman–Crippen MR) is 159 cm³/mol. The highest BCUT2D eigenvalue weighted by Gasteiger charge is 2.25. The van der Waals surface area contributed by atoms with E-state index in [9.17, 15) is 0 Å². The fourth-order valence-corrected chi connectivity index (χ4v) is 5.69. The molecular formula is C34H42N2. The number of rotatable bonds is 10. The van der Waals surface area contributed by atoms with Gasteiger partial charge in [-0.1, -0.05) is 86.2 Å². The molecule has 0 bridgehead atoms. The molecule has 0 aromatic heterocycles. The average molecular weight is 479 g/mol. The van der Waals surface area contributed by atoms with Crippen LogP contribution in [0.15, 0.2) is 96.1 Å². The Morgan fingerprint density at radius 1 is 0.778 bits per heavy atom. The molecule has 0 fully saturated rings. The summed E-state index contributed by atoms with van der Waals surface area (Å²) in [6.07, 6.45) is 11.8. The van der Waals surface area contributed by atoms with Crippen LogP contribution in [-0.2, 0) is 0 Å². The summed E-state index contributed by atoms with van der Waals surface area (Å²) in [6, 6.07) is 22.8. The van der Waals surface area contributed by atoms with Gasteiger partial charge < -0.3 is 10.2 Å². The molecule has 0 amide bonds.